The van der Waals surface area contributed by atoms with Crippen molar-refractivity contribution in [1.29, 1.82) is 0 Å². The molecule has 0 aliphatic carbocycles. The number of rotatable bonds is 2. The maximum Gasteiger partial charge on any atom is 0.112 e. The monoisotopic (exact) mass is 419 g/mol. The second-order valence-corrected chi connectivity index (χ2v) is 11.5. The van der Waals surface area contributed by atoms with E-state index in [1.165, 1.54) is 56.0 Å². The zero-order valence-corrected chi connectivity index (χ0v) is 19.7. The first-order valence-corrected chi connectivity index (χ1v) is 12.2. The smallest absolute Gasteiger partial charge is 0.112 e. The summed E-state index contributed by atoms with van der Waals surface area (Å²) < 4.78 is 1.12. The quantitative estimate of drug-likeness (QED) is 0.622. The van der Waals surface area contributed by atoms with E-state index in [9.17, 15) is 0 Å². The molecule has 4 aliphatic rings. The van der Waals surface area contributed by atoms with Gasteiger partial charge in [0.25, 0.3) is 0 Å². The molecule has 0 spiro atoms. The Kier molecular flexibility index (Phi) is 5.94. The van der Waals surface area contributed by atoms with Crippen LogP contribution >= 0.6 is 23.5 Å². The van der Waals surface area contributed by atoms with Crippen LogP contribution in [0, 0.1) is 0 Å². The highest BCUT2D eigenvalue weighted by molar-refractivity contribution is 8.07. The molecule has 0 radical (unpaired) electrons. The largest absolute Gasteiger partial charge is 0.361 e. The van der Waals surface area contributed by atoms with Crippen LogP contribution in [0.1, 0.15) is 25.7 Å². The summed E-state index contributed by atoms with van der Waals surface area (Å²) in [6.45, 7) is 4.76. The van der Waals surface area contributed by atoms with Gasteiger partial charge in [-0.05, 0) is 38.9 Å². The summed E-state index contributed by atoms with van der Waals surface area (Å²) >= 11 is 4.03. The number of hydrogen-bond acceptors (Lipinski definition) is 5. The predicted molar refractivity (Wildman–Crippen MR) is 124 cm³/mol. The number of allylic oxidation sites excluding steroid dienone is 4. The van der Waals surface area contributed by atoms with Gasteiger partial charge in [0.1, 0.15) is 6.54 Å². The summed E-state index contributed by atoms with van der Waals surface area (Å²) in [5.41, 5.74) is 3.12. The van der Waals surface area contributed by atoms with Crippen LogP contribution in [0.3, 0.4) is 0 Å². The van der Waals surface area contributed by atoms with Crippen LogP contribution < -0.4 is 0 Å². The average Bonchev–Trinajstić information content (AvgIpc) is 2.91. The molecule has 4 heterocycles. The van der Waals surface area contributed by atoms with Crippen molar-refractivity contribution in [2.24, 2.45) is 0 Å². The van der Waals surface area contributed by atoms with Crippen molar-refractivity contribution >= 4 is 23.5 Å². The number of likely N-dealkylation sites (N-methyl/N-ethyl adjacent to an activating group) is 3. The van der Waals surface area contributed by atoms with Crippen LogP contribution in [-0.2, 0) is 0 Å². The first-order chi connectivity index (χ1) is 13.3. The van der Waals surface area contributed by atoms with Crippen molar-refractivity contribution in [3.63, 3.8) is 0 Å². The van der Waals surface area contributed by atoms with E-state index in [2.05, 4.69) is 79.9 Å². The van der Waals surface area contributed by atoms with Crippen LogP contribution in [-0.4, -0.2) is 86.0 Å². The maximum atomic E-state index is 2.51. The molecule has 0 amide bonds. The second kappa shape index (κ2) is 8.13. The van der Waals surface area contributed by atoms with Crippen molar-refractivity contribution in [2.45, 2.75) is 31.1 Å². The first-order valence-electron chi connectivity index (χ1n) is 10.5. The van der Waals surface area contributed by atoms with E-state index >= 15 is 0 Å². The van der Waals surface area contributed by atoms with E-state index in [0.29, 0.717) is 5.37 Å². The third-order valence-electron chi connectivity index (χ3n) is 6.31. The molecule has 0 aromatic rings. The van der Waals surface area contributed by atoms with Crippen molar-refractivity contribution in [1.82, 2.24) is 14.7 Å². The third kappa shape index (κ3) is 4.20. The molecule has 28 heavy (non-hydrogen) atoms. The standard InChI is InChI=1S/C22H35N4S2/c1-23-13-7-9-17-19(15-23)27-21(24(17)2)11-6-12-22-25(3)18-10-8-14-26(4,5)16-20(18)28-22/h6,11-12,22H,7-10,13-16H2,1-5H3/q+1. The molecule has 1 atom stereocenters. The Morgan fingerprint density at radius 3 is 2.64 bits per heavy atom. The van der Waals surface area contributed by atoms with Gasteiger partial charge in [-0.2, -0.15) is 0 Å². The van der Waals surface area contributed by atoms with Gasteiger partial charge in [0.05, 0.1) is 35.9 Å². The minimum absolute atomic E-state index is 0.438. The number of quaternary nitrogens is 1. The predicted octanol–water partition coefficient (Wildman–Crippen LogP) is 4.09. The molecule has 4 aliphatic heterocycles. The Morgan fingerprint density at radius 2 is 1.82 bits per heavy atom. The fourth-order valence-corrected chi connectivity index (χ4v) is 7.46. The topological polar surface area (TPSA) is 9.72 Å². The van der Waals surface area contributed by atoms with Crippen LogP contribution in [0.4, 0.5) is 0 Å². The van der Waals surface area contributed by atoms with Gasteiger partial charge < -0.3 is 19.2 Å². The lowest BCUT2D eigenvalue weighted by Crippen LogP contribution is -2.40. The lowest BCUT2D eigenvalue weighted by atomic mass is 10.2. The summed E-state index contributed by atoms with van der Waals surface area (Å²) in [5, 5.41) is 1.81. The molecule has 4 rings (SSSR count). The molecule has 6 heteroatoms. The second-order valence-electron chi connectivity index (χ2n) is 9.17. The van der Waals surface area contributed by atoms with Crippen molar-refractivity contribution in [2.75, 3.05) is 61.4 Å². The van der Waals surface area contributed by atoms with Crippen LogP contribution in [0.25, 0.3) is 0 Å². The van der Waals surface area contributed by atoms with Gasteiger partial charge in [-0.25, -0.2) is 0 Å². The third-order valence-corrected chi connectivity index (χ3v) is 8.90. The molecule has 0 N–H and O–H groups in total. The van der Waals surface area contributed by atoms with Crippen LogP contribution in [0.15, 0.2) is 44.5 Å². The zero-order chi connectivity index (χ0) is 19.9. The van der Waals surface area contributed by atoms with Crippen molar-refractivity contribution < 1.29 is 4.48 Å². The summed E-state index contributed by atoms with van der Waals surface area (Å²) in [6.07, 6.45) is 12.0. The maximum absolute atomic E-state index is 2.51. The number of thioether (sulfide) groups is 2. The Bertz CT molecular complexity index is 750. The van der Waals surface area contributed by atoms with E-state index in [-0.39, 0.29) is 0 Å². The molecule has 1 unspecified atom stereocenters. The van der Waals surface area contributed by atoms with Gasteiger partial charge in [0.15, 0.2) is 0 Å². The summed E-state index contributed by atoms with van der Waals surface area (Å²) in [5.74, 6) is 0. The van der Waals surface area contributed by atoms with Gasteiger partial charge in [-0.3, -0.25) is 0 Å². The Balaban J connectivity index is 1.41. The van der Waals surface area contributed by atoms with E-state index in [1.807, 2.05) is 11.8 Å². The normalized spacial score (nSPS) is 30.3. The molecule has 0 saturated carbocycles. The molecule has 0 aromatic heterocycles. The van der Waals surface area contributed by atoms with Gasteiger partial charge in [0.2, 0.25) is 0 Å². The van der Waals surface area contributed by atoms with Crippen LogP contribution in [0.5, 0.6) is 0 Å². The van der Waals surface area contributed by atoms with Gasteiger partial charge in [-0.15, -0.1) is 0 Å². The molecule has 0 aromatic carbocycles. The molecule has 0 bridgehead atoms. The Labute approximate surface area is 179 Å². The minimum Gasteiger partial charge on any atom is -0.361 e. The lowest BCUT2D eigenvalue weighted by molar-refractivity contribution is -0.884. The van der Waals surface area contributed by atoms with Crippen molar-refractivity contribution in [3.8, 4) is 0 Å². The molecular weight excluding hydrogens is 384 g/mol. The number of nitrogens with zero attached hydrogens (tertiary/aromatic N) is 4. The summed E-state index contributed by atoms with van der Waals surface area (Å²) in [7, 11) is 11.5. The van der Waals surface area contributed by atoms with Gasteiger partial charge in [0, 0.05) is 43.4 Å². The first kappa shape index (κ1) is 20.5. The molecular formula is C22H35N4S2+. The van der Waals surface area contributed by atoms with Gasteiger partial charge >= 0.3 is 0 Å². The highest BCUT2D eigenvalue weighted by Crippen LogP contribution is 2.44. The van der Waals surface area contributed by atoms with E-state index in [0.717, 1.165) is 11.0 Å². The summed E-state index contributed by atoms with van der Waals surface area (Å²) in [4.78, 5) is 10.5. The molecule has 0 saturated heterocycles. The number of hydrogen-bond donors (Lipinski definition) is 0. The zero-order valence-electron chi connectivity index (χ0n) is 18.1. The molecule has 154 valence electrons. The van der Waals surface area contributed by atoms with E-state index in [1.54, 1.807) is 15.5 Å². The average molecular weight is 420 g/mol. The molecule has 0 fully saturated rings. The Hall–Kier alpha value is -0.820. The highest BCUT2D eigenvalue weighted by atomic mass is 32.2. The lowest BCUT2D eigenvalue weighted by Gasteiger charge is -2.29. The fraction of sp³-hybridized carbons (Fsp3) is 0.636. The Morgan fingerprint density at radius 1 is 1.04 bits per heavy atom. The SMILES string of the molecule is CN1CCCC2=C(C1)SC(=CC=CC1SC3=C(CCC[N+](C)(C)C3)N1C)N2C. The molecule has 4 nitrogen and oxygen atoms in total. The summed E-state index contributed by atoms with van der Waals surface area (Å²) in [6, 6.07) is 0. The van der Waals surface area contributed by atoms with Gasteiger partial charge in [-0.1, -0.05) is 35.7 Å². The van der Waals surface area contributed by atoms with Crippen molar-refractivity contribution in [3.05, 3.63) is 44.5 Å². The highest BCUT2D eigenvalue weighted by Gasteiger charge is 2.34. The van der Waals surface area contributed by atoms with E-state index < -0.39 is 0 Å². The minimum atomic E-state index is 0.438. The fourth-order valence-electron chi connectivity index (χ4n) is 4.62. The van der Waals surface area contributed by atoms with Crippen LogP contribution in [0.2, 0.25) is 0 Å². The van der Waals surface area contributed by atoms with E-state index in [4.69, 9.17) is 0 Å².